The van der Waals surface area contributed by atoms with Crippen LogP contribution in [-0.4, -0.2) is 13.0 Å². The van der Waals surface area contributed by atoms with Crippen LogP contribution < -0.4 is 0 Å². The quantitative estimate of drug-likeness (QED) is 0.624. The summed E-state index contributed by atoms with van der Waals surface area (Å²) in [5.74, 6) is 0. The Morgan fingerprint density at radius 1 is 1.27 bits per heavy atom. The van der Waals surface area contributed by atoms with Gasteiger partial charge in [-0.25, -0.2) is 0 Å². The third-order valence-corrected chi connectivity index (χ3v) is 3.33. The van der Waals surface area contributed by atoms with Crippen LogP contribution in [0.5, 0.6) is 0 Å². The van der Waals surface area contributed by atoms with Gasteiger partial charge in [-0.15, -0.1) is 0 Å². The zero-order valence-electron chi connectivity index (χ0n) is 6.92. The van der Waals surface area contributed by atoms with Gasteiger partial charge in [0.1, 0.15) is 4.90 Å². The molecule has 0 aliphatic heterocycles. The highest BCUT2D eigenvalue weighted by atomic mass is 127. The molecule has 1 aromatic carbocycles. The van der Waals surface area contributed by atoms with Crippen molar-refractivity contribution >= 4 is 32.7 Å². The largest absolute Gasteiger partial charge is 0.418 e. The molecule has 0 heterocycles. The van der Waals surface area contributed by atoms with Crippen LogP contribution in [0.2, 0.25) is 0 Å². The molecule has 0 aliphatic rings. The van der Waals surface area contributed by atoms with Gasteiger partial charge in [-0.05, 0) is 34.7 Å². The third-order valence-electron chi connectivity index (χ3n) is 1.54. The highest BCUT2D eigenvalue weighted by molar-refractivity contribution is 14.1. The van der Waals surface area contributed by atoms with E-state index in [1.54, 1.807) is 0 Å². The number of hydrogen-bond donors (Lipinski definition) is 1. The van der Waals surface area contributed by atoms with E-state index >= 15 is 0 Å². The number of benzene rings is 1. The van der Waals surface area contributed by atoms with E-state index in [1.807, 2.05) is 0 Å². The second-order valence-electron chi connectivity index (χ2n) is 2.59. The molecule has 0 unspecified atom stereocenters. The van der Waals surface area contributed by atoms with Crippen molar-refractivity contribution in [1.82, 2.24) is 0 Å². The molecule has 0 aliphatic carbocycles. The Hall–Kier alpha value is -0.350. The Labute approximate surface area is 97.2 Å². The summed E-state index contributed by atoms with van der Waals surface area (Å²) in [7, 11) is -4.86. The highest BCUT2D eigenvalue weighted by Gasteiger charge is 2.38. The lowest BCUT2D eigenvalue weighted by Crippen LogP contribution is -2.14. The minimum Gasteiger partial charge on any atom is -0.282 e. The van der Waals surface area contributed by atoms with Crippen molar-refractivity contribution in [2.45, 2.75) is 11.1 Å². The fourth-order valence-corrected chi connectivity index (χ4v) is 2.72. The van der Waals surface area contributed by atoms with Crippen molar-refractivity contribution in [3.63, 3.8) is 0 Å². The minimum absolute atomic E-state index is 0.282. The summed E-state index contributed by atoms with van der Waals surface area (Å²) in [6.45, 7) is 0. The first-order valence-electron chi connectivity index (χ1n) is 3.47. The molecule has 0 atom stereocenters. The summed E-state index contributed by atoms with van der Waals surface area (Å²) in [5, 5.41) is 0. The molecular weight excluding hydrogens is 348 g/mol. The van der Waals surface area contributed by atoms with Crippen molar-refractivity contribution in [2.75, 3.05) is 0 Å². The smallest absolute Gasteiger partial charge is 0.282 e. The lowest BCUT2D eigenvalue weighted by molar-refractivity contribution is -0.140. The van der Waals surface area contributed by atoms with Crippen LogP contribution in [-0.2, 0) is 16.3 Å². The summed E-state index contributed by atoms with van der Waals surface area (Å²) in [6.07, 6.45) is -4.82. The third kappa shape index (κ3) is 2.82. The van der Waals surface area contributed by atoms with Crippen LogP contribution >= 0.6 is 22.6 Å². The van der Waals surface area contributed by atoms with Crippen LogP contribution in [0.1, 0.15) is 5.56 Å². The fraction of sp³-hybridized carbons (Fsp3) is 0.143. The van der Waals surface area contributed by atoms with Gasteiger partial charge in [-0.3, -0.25) is 4.55 Å². The van der Waals surface area contributed by atoms with Crippen molar-refractivity contribution in [2.24, 2.45) is 0 Å². The average Bonchev–Trinajstić information content (AvgIpc) is 1.99. The summed E-state index contributed by atoms with van der Waals surface area (Å²) in [5.41, 5.74) is -1.34. The lowest BCUT2D eigenvalue weighted by atomic mass is 10.2. The minimum atomic E-state index is -4.86. The van der Waals surface area contributed by atoms with Crippen molar-refractivity contribution in [3.05, 3.63) is 27.3 Å². The van der Waals surface area contributed by atoms with E-state index in [-0.39, 0.29) is 3.57 Å². The molecule has 0 bridgehead atoms. The lowest BCUT2D eigenvalue weighted by Gasteiger charge is -2.12. The maximum absolute atomic E-state index is 12.5. The predicted octanol–water partition coefficient (Wildman–Crippen LogP) is 2.56. The average molecular weight is 352 g/mol. The van der Waals surface area contributed by atoms with Crippen molar-refractivity contribution in [3.8, 4) is 0 Å². The molecule has 3 nitrogen and oxygen atoms in total. The number of halogens is 4. The molecule has 0 radical (unpaired) electrons. The van der Waals surface area contributed by atoms with Crippen molar-refractivity contribution in [1.29, 1.82) is 0 Å². The van der Waals surface area contributed by atoms with Crippen LogP contribution in [0.4, 0.5) is 13.2 Å². The van der Waals surface area contributed by atoms with Crippen LogP contribution in [0.3, 0.4) is 0 Å². The molecular formula is C7H4F3IO3S. The first-order valence-corrected chi connectivity index (χ1v) is 5.99. The van der Waals surface area contributed by atoms with E-state index in [1.165, 1.54) is 22.6 Å². The van der Waals surface area contributed by atoms with E-state index in [0.717, 1.165) is 12.1 Å². The summed E-state index contributed by atoms with van der Waals surface area (Å²) in [6, 6.07) is 2.94. The van der Waals surface area contributed by atoms with Gasteiger partial charge in [0.05, 0.1) is 5.56 Å². The Morgan fingerprint density at radius 3 is 2.13 bits per heavy atom. The van der Waals surface area contributed by atoms with Gasteiger partial charge >= 0.3 is 6.18 Å². The van der Waals surface area contributed by atoms with E-state index in [9.17, 15) is 21.6 Å². The van der Waals surface area contributed by atoms with Gasteiger partial charge in [0, 0.05) is 3.57 Å². The Bertz CT molecular complexity index is 481. The summed E-state index contributed by atoms with van der Waals surface area (Å²) < 4.78 is 67.1. The molecule has 0 fully saturated rings. The maximum atomic E-state index is 12.5. The van der Waals surface area contributed by atoms with Crippen molar-refractivity contribution < 1.29 is 26.1 Å². The SMILES string of the molecule is O=S(=O)(O)c1cccc(I)c1C(F)(F)F. The first kappa shape index (κ1) is 12.7. The fourth-order valence-electron chi connectivity index (χ4n) is 0.994. The highest BCUT2D eigenvalue weighted by Crippen LogP contribution is 2.37. The molecule has 15 heavy (non-hydrogen) atoms. The number of alkyl halides is 3. The zero-order valence-corrected chi connectivity index (χ0v) is 9.89. The molecule has 0 amide bonds. The molecule has 8 heteroatoms. The van der Waals surface area contributed by atoms with Gasteiger partial charge in [0.15, 0.2) is 0 Å². The van der Waals surface area contributed by atoms with Gasteiger partial charge < -0.3 is 0 Å². The Morgan fingerprint density at radius 2 is 1.80 bits per heavy atom. The molecule has 0 saturated carbocycles. The van der Waals surface area contributed by atoms with Gasteiger partial charge in [0.2, 0.25) is 0 Å². The monoisotopic (exact) mass is 352 g/mol. The molecule has 1 aromatic rings. The molecule has 1 N–H and O–H groups in total. The van der Waals surface area contributed by atoms with E-state index < -0.39 is 26.8 Å². The molecule has 0 aromatic heterocycles. The van der Waals surface area contributed by atoms with Gasteiger partial charge in [-0.1, -0.05) is 6.07 Å². The van der Waals surface area contributed by atoms with Gasteiger partial charge in [0.25, 0.3) is 10.1 Å². The van der Waals surface area contributed by atoms with Crippen LogP contribution in [0.15, 0.2) is 23.1 Å². The second kappa shape index (κ2) is 3.91. The molecule has 1 rings (SSSR count). The molecule has 0 saturated heterocycles. The summed E-state index contributed by atoms with van der Waals surface area (Å²) in [4.78, 5) is -1.12. The van der Waals surface area contributed by atoms with E-state index in [0.29, 0.717) is 6.07 Å². The van der Waals surface area contributed by atoms with E-state index in [4.69, 9.17) is 4.55 Å². The van der Waals surface area contributed by atoms with Crippen LogP contribution in [0, 0.1) is 3.57 Å². The second-order valence-corrected chi connectivity index (χ2v) is 5.14. The number of rotatable bonds is 1. The standard InChI is InChI=1S/C7H4F3IO3S/c8-7(9,10)6-4(11)2-1-3-5(6)15(12,13)14/h1-3H,(H,12,13,14). The molecule has 84 valence electrons. The van der Waals surface area contributed by atoms with Crippen LogP contribution in [0.25, 0.3) is 0 Å². The molecule has 0 spiro atoms. The first-order chi connectivity index (χ1) is 6.64. The summed E-state index contributed by atoms with van der Waals surface area (Å²) >= 11 is 1.36. The normalized spacial score (nSPS) is 12.9. The van der Waals surface area contributed by atoms with Gasteiger partial charge in [-0.2, -0.15) is 21.6 Å². The Kier molecular flexibility index (Phi) is 3.31. The Balaban J connectivity index is 3.63. The predicted molar refractivity (Wildman–Crippen MR) is 54.0 cm³/mol. The van der Waals surface area contributed by atoms with E-state index in [2.05, 4.69) is 0 Å². The zero-order chi connectivity index (χ0) is 11.9. The number of hydrogen-bond acceptors (Lipinski definition) is 2. The maximum Gasteiger partial charge on any atom is 0.418 e. The topological polar surface area (TPSA) is 54.4 Å².